The number of nitrogens with one attached hydrogen (secondary N) is 2. The Morgan fingerprint density at radius 2 is 1.77 bits per heavy atom. The molecule has 1 aliphatic heterocycles. The maximum Gasteiger partial charge on any atom is 0.266 e. The first-order valence-corrected chi connectivity index (χ1v) is 14.5. The van der Waals surface area contributed by atoms with E-state index in [1.54, 1.807) is 37.4 Å². The SMILES string of the molecule is COc1ccccc1OC1NCC(N(c2ccncn2)S(=O)(=O)c2ccc(C(C)(C)C)cc2)NC1OCCCO. The molecule has 1 fully saturated rings. The summed E-state index contributed by atoms with van der Waals surface area (Å²) in [6.45, 7) is 6.56. The predicted octanol–water partition coefficient (Wildman–Crippen LogP) is 2.63. The number of para-hydroxylation sites is 2. The molecule has 216 valence electrons. The van der Waals surface area contributed by atoms with Crippen molar-refractivity contribution in [2.45, 2.75) is 56.1 Å². The molecular formula is C28H37N5O6S. The number of benzene rings is 2. The highest BCUT2D eigenvalue weighted by atomic mass is 32.2. The number of rotatable bonds is 11. The van der Waals surface area contributed by atoms with E-state index in [4.69, 9.17) is 14.2 Å². The van der Waals surface area contributed by atoms with Crippen molar-refractivity contribution in [1.82, 2.24) is 20.6 Å². The van der Waals surface area contributed by atoms with Gasteiger partial charge in [0.2, 0.25) is 0 Å². The van der Waals surface area contributed by atoms with Gasteiger partial charge in [0.1, 0.15) is 18.3 Å². The Kier molecular flexibility index (Phi) is 9.59. The lowest BCUT2D eigenvalue weighted by Gasteiger charge is -2.42. The lowest BCUT2D eigenvalue weighted by atomic mass is 9.87. The molecule has 0 spiro atoms. The number of piperazine rings is 1. The summed E-state index contributed by atoms with van der Waals surface area (Å²) in [6, 6.07) is 15.6. The summed E-state index contributed by atoms with van der Waals surface area (Å²) in [4.78, 5) is 8.35. The van der Waals surface area contributed by atoms with Gasteiger partial charge in [-0.2, -0.15) is 0 Å². The molecule has 0 amide bonds. The third kappa shape index (κ3) is 6.88. The molecule has 1 saturated heterocycles. The predicted molar refractivity (Wildman–Crippen MR) is 151 cm³/mol. The average molecular weight is 572 g/mol. The summed E-state index contributed by atoms with van der Waals surface area (Å²) in [5.41, 5.74) is 0.894. The molecule has 3 aromatic rings. The number of aliphatic hydroxyl groups excluding tert-OH is 1. The maximum atomic E-state index is 14.1. The van der Waals surface area contributed by atoms with Crippen molar-refractivity contribution in [3.05, 3.63) is 72.7 Å². The molecule has 12 heteroatoms. The lowest BCUT2D eigenvalue weighted by Crippen LogP contribution is -2.69. The van der Waals surface area contributed by atoms with E-state index in [0.717, 1.165) is 5.56 Å². The first kappa shape index (κ1) is 29.7. The molecule has 1 aromatic heterocycles. The second-order valence-electron chi connectivity index (χ2n) is 10.3. The molecule has 3 N–H and O–H groups in total. The van der Waals surface area contributed by atoms with Gasteiger partial charge >= 0.3 is 0 Å². The smallest absolute Gasteiger partial charge is 0.266 e. The summed E-state index contributed by atoms with van der Waals surface area (Å²) in [6.07, 6.45) is 0.939. The summed E-state index contributed by atoms with van der Waals surface area (Å²) < 4.78 is 47.0. The molecule has 3 atom stereocenters. The van der Waals surface area contributed by atoms with E-state index in [1.165, 1.54) is 16.8 Å². The van der Waals surface area contributed by atoms with Gasteiger partial charge in [0, 0.05) is 25.4 Å². The van der Waals surface area contributed by atoms with E-state index < -0.39 is 28.6 Å². The second kappa shape index (κ2) is 12.9. The zero-order chi connectivity index (χ0) is 28.8. The first-order valence-electron chi connectivity index (χ1n) is 13.1. The van der Waals surface area contributed by atoms with Gasteiger partial charge in [-0.1, -0.05) is 45.0 Å². The summed E-state index contributed by atoms with van der Waals surface area (Å²) >= 11 is 0. The number of ether oxygens (including phenoxy) is 3. The van der Waals surface area contributed by atoms with Crippen LogP contribution in [0.4, 0.5) is 5.82 Å². The van der Waals surface area contributed by atoms with Crippen molar-refractivity contribution in [3.63, 3.8) is 0 Å². The fraction of sp³-hybridized carbons (Fsp3) is 0.429. The van der Waals surface area contributed by atoms with Gasteiger partial charge < -0.3 is 19.3 Å². The number of aromatic nitrogens is 2. The summed E-state index contributed by atoms with van der Waals surface area (Å²) in [5.74, 6) is 1.24. The van der Waals surface area contributed by atoms with Gasteiger partial charge in [0.25, 0.3) is 10.0 Å². The number of sulfonamides is 1. The van der Waals surface area contributed by atoms with E-state index in [-0.39, 0.29) is 35.9 Å². The van der Waals surface area contributed by atoms with Crippen LogP contribution in [-0.2, 0) is 20.2 Å². The van der Waals surface area contributed by atoms with Crippen molar-refractivity contribution in [3.8, 4) is 11.5 Å². The Balaban J connectivity index is 1.65. The summed E-state index contributed by atoms with van der Waals surface area (Å²) in [5, 5.41) is 15.8. The standard InChI is InChI=1S/C28H37N5O6S/c1-28(2,3)20-10-12-21(13-11-20)40(35,36)33(24-14-15-29-19-31-24)25-18-30-26(27(32-25)38-17-7-16-34)39-23-9-6-5-8-22(23)37-4/h5-6,8-15,19,25-27,30,32,34H,7,16-18H2,1-4H3. The number of methoxy groups -OCH3 is 1. The minimum atomic E-state index is -4.07. The molecule has 0 aliphatic carbocycles. The van der Waals surface area contributed by atoms with Gasteiger partial charge in [-0.15, -0.1) is 0 Å². The Bertz CT molecular complexity index is 1340. The van der Waals surface area contributed by atoms with Crippen LogP contribution < -0.4 is 24.4 Å². The monoisotopic (exact) mass is 571 g/mol. The number of anilines is 1. The van der Waals surface area contributed by atoms with E-state index in [9.17, 15) is 13.5 Å². The maximum absolute atomic E-state index is 14.1. The molecule has 40 heavy (non-hydrogen) atoms. The average Bonchev–Trinajstić information content (AvgIpc) is 2.95. The van der Waals surface area contributed by atoms with Gasteiger partial charge in [-0.05, 0) is 41.7 Å². The number of aliphatic hydroxyl groups is 1. The van der Waals surface area contributed by atoms with Crippen LogP contribution in [0, 0.1) is 0 Å². The van der Waals surface area contributed by atoms with Crippen molar-refractivity contribution < 1.29 is 27.7 Å². The Morgan fingerprint density at radius 3 is 2.40 bits per heavy atom. The van der Waals surface area contributed by atoms with Crippen LogP contribution in [0.3, 0.4) is 0 Å². The van der Waals surface area contributed by atoms with Crippen LogP contribution in [-0.4, -0.2) is 69.0 Å². The molecule has 3 unspecified atom stereocenters. The van der Waals surface area contributed by atoms with Gasteiger partial charge in [-0.25, -0.2) is 22.7 Å². The third-order valence-corrected chi connectivity index (χ3v) is 8.25. The van der Waals surface area contributed by atoms with Crippen LogP contribution in [0.15, 0.2) is 72.0 Å². The largest absolute Gasteiger partial charge is 0.493 e. The highest BCUT2D eigenvalue weighted by Gasteiger charge is 2.40. The summed E-state index contributed by atoms with van der Waals surface area (Å²) in [7, 11) is -2.51. The minimum Gasteiger partial charge on any atom is -0.493 e. The van der Waals surface area contributed by atoms with Crippen LogP contribution >= 0.6 is 0 Å². The van der Waals surface area contributed by atoms with E-state index in [1.807, 2.05) is 24.3 Å². The molecule has 0 bridgehead atoms. The van der Waals surface area contributed by atoms with Crippen LogP contribution in [0.5, 0.6) is 11.5 Å². The van der Waals surface area contributed by atoms with Gasteiger partial charge in [0.05, 0.1) is 18.6 Å². The second-order valence-corrected chi connectivity index (χ2v) is 12.1. The molecule has 11 nitrogen and oxygen atoms in total. The molecule has 0 radical (unpaired) electrons. The Hall–Kier alpha value is -3.29. The zero-order valence-corrected chi connectivity index (χ0v) is 24.0. The highest BCUT2D eigenvalue weighted by Crippen LogP contribution is 2.30. The normalized spacial score (nSPS) is 19.7. The number of hydrogen-bond donors (Lipinski definition) is 3. The quantitative estimate of drug-likeness (QED) is 0.295. The van der Waals surface area contributed by atoms with E-state index in [0.29, 0.717) is 17.9 Å². The van der Waals surface area contributed by atoms with E-state index in [2.05, 4.69) is 41.4 Å². The van der Waals surface area contributed by atoms with Crippen LogP contribution in [0.25, 0.3) is 0 Å². The van der Waals surface area contributed by atoms with Gasteiger partial charge in [0.15, 0.2) is 24.0 Å². The van der Waals surface area contributed by atoms with Crippen molar-refractivity contribution in [2.24, 2.45) is 0 Å². The molecule has 0 saturated carbocycles. The highest BCUT2D eigenvalue weighted by molar-refractivity contribution is 7.92. The molecule has 4 rings (SSSR count). The van der Waals surface area contributed by atoms with Crippen molar-refractivity contribution in [2.75, 3.05) is 31.2 Å². The van der Waals surface area contributed by atoms with Crippen molar-refractivity contribution in [1.29, 1.82) is 0 Å². The third-order valence-electron chi connectivity index (χ3n) is 6.42. The number of nitrogens with zero attached hydrogens (tertiary/aromatic N) is 3. The topological polar surface area (TPSA) is 135 Å². The Morgan fingerprint density at radius 1 is 1.05 bits per heavy atom. The fourth-order valence-corrected chi connectivity index (χ4v) is 5.82. The van der Waals surface area contributed by atoms with Crippen LogP contribution in [0.2, 0.25) is 0 Å². The minimum absolute atomic E-state index is 0.0480. The van der Waals surface area contributed by atoms with Crippen molar-refractivity contribution >= 4 is 15.8 Å². The zero-order valence-electron chi connectivity index (χ0n) is 23.1. The van der Waals surface area contributed by atoms with Crippen LogP contribution in [0.1, 0.15) is 32.8 Å². The molecule has 1 aliphatic rings. The number of hydrogen-bond acceptors (Lipinski definition) is 10. The molecular weight excluding hydrogens is 534 g/mol. The van der Waals surface area contributed by atoms with E-state index >= 15 is 0 Å². The fourth-order valence-electron chi connectivity index (χ4n) is 4.29. The molecule has 2 aromatic carbocycles. The van der Waals surface area contributed by atoms with Gasteiger partial charge in [-0.3, -0.25) is 10.6 Å². The lowest BCUT2D eigenvalue weighted by molar-refractivity contribution is -0.0818. The first-order chi connectivity index (χ1) is 19.1. The molecule has 2 heterocycles. The Labute approximate surface area is 235 Å².